The average molecular weight is 676 g/mol. The summed E-state index contributed by atoms with van der Waals surface area (Å²) in [6.45, 7) is 0. The number of hydrogen-bond donors (Lipinski definition) is 2. The van der Waals surface area contributed by atoms with Crippen molar-refractivity contribution in [3.63, 3.8) is 0 Å². The predicted molar refractivity (Wildman–Crippen MR) is 210 cm³/mol. The van der Waals surface area contributed by atoms with Crippen LogP contribution >= 0.6 is 11.3 Å². The van der Waals surface area contributed by atoms with Crippen molar-refractivity contribution in [1.29, 1.82) is 0 Å². The monoisotopic (exact) mass is 675 g/mol. The number of nitrogens with zero attached hydrogens (tertiary/aromatic N) is 1. The zero-order valence-electron chi connectivity index (χ0n) is 27.3. The van der Waals surface area contributed by atoms with Crippen LogP contribution in [0.1, 0.15) is 29.0 Å². The standard InChI is InChI=1S/C45H29N3O2S/c1-2-9-26(10-3-1)43-46-44(28-18-21-38-34(24-28)31-11-4-6-15-37(31)49-38)48-45(47-43)29-19-22-40-36(25-29)35-23-27(17-20-39(35)50-40)30-13-8-14-33-32-12-5-7-16-41(32)51-42(30)33/h1-25,43,45,47H,(H,46,48). The summed E-state index contributed by atoms with van der Waals surface area (Å²) in [5, 5.41) is 14.5. The molecule has 0 amide bonds. The van der Waals surface area contributed by atoms with Crippen molar-refractivity contribution in [1.82, 2.24) is 10.6 Å². The topological polar surface area (TPSA) is 62.7 Å². The summed E-state index contributed by atoms with van der Waals surface area (Å²) in [6, 6.07) is 53.3. The minimum atomic E-state index is -0.241. The third-order valence-corrected chi connectivity index (χ3v) is 11.4. The molecule has 11 rings (SSSR count). The van der Waals surface area contributed by atoms with Gasteiger partial charge in [0.2, 0.25) is 0 Å². The average Bonchev–Trinajstić information content (AvgIpc) is 3.88. The van der Waals surface area contributed by atoms with Gasteiger partial charge in [0, 0.05) is 47.3 Å². The SMILES string of the molecule is c1ccc(C2N=C(c3ccc4oc5ccccc5c4c3)NC(c3ccc4oc5ccc(-c6cccc7c6sc6ccccc67)cc5c4c3)N2)cc1. The molecule has 5 nitrogen and oxygen atoms in total. The van der Waals surface area contributed by atoms with Gasteiger partial charge in [-0.3, -0.25) is 5.32 Å². The normalized spacial score (nSPS) is 16.4. The number of aliphatic imine (C=N–C) groups is 1. The van der Waals surface area contributed by atoms with Crippen LogP contribution in [0.15, 0.2) is 165 Å². The second-order valence-corrected chi connectivity index (χ2v) is 14.2. The van der Waals surface area contributed by atoms with Gasteiger partial charge < -0.3 is 14.2 Å². The first-order valence-electron chi connectivity index (χ1n) is 17.2. The van der Waals surface area contributed by atoms with Gasteiger partial charge in [0.25, 0.3) is 0 Å². The fraction of sp³-hybridized carbons (Fsp3) is 0.0444. The van der Waals surface area contributed by atoms with Gasteiger partial charge in [-0.15, -0.1) is 11.3 Å². The molecule has 3 aromatic heterocycles. The van der Waals surface area contributed by atoms with Gasteiger partial charge in [-0.2, -0.15) is 0 Å². The number of furan rings is 2. The van der Waals surface area contributed by atoms with Gasteiger partial charge in [0.05, 0.1) is 0 Å². The first kappa shape index (κ1) is 28.6. The van der Waals surface area contributed by atoms with Crippen LogP contribution in [-0.2, 0) is 0 Å². The van der Waals surface area contributed by atoms with Crippen molar-refractivity contribution in [2.75, 3.05) is 0 Å². The number of rotatable bonds is 4. The first-order chi connectivity index (χ1) is 25.2. The van der Waals surface area contributed by atoms with Crippen LogP contribution in [0.3, 0.4) is 0 Å². The summed E-state index contributed by atoms with van der Waals surface area (Å²) in [5.41, 5.74) is 9.14. The summed E-state index contributed by atoms with van der Waals surface area (Å²) < 4.78 is 15.1. The molecule has 6 heteroatoms. The molecular weight excluding hydrogens is 647 g/mol. The molecule has 0 radical (unpaired) electrons. The van der Waals surface area contributed by atoms with Crippen molar-refractivity contribution >= 4 is 81.2 Å². The van der Waals surface area contributed by atoms with Crippen molar-refractivity contribution in [2.24, 2.45) is 4.99 Å². The highest BCUT2D eigenvalue weighted by atomic mass is 32.1. The fourth-order valence-corrected chi connectivity index (χ4v) is 8.91. The second-order valence-electron chi connectivity index (χ2n) is 13.2. The third kappa shape index (κ3) is 4.61. The Morgan fingerprint density at radius 2 is 1.14 bits per heavy atom. The van der Waals surface area contributed by atoms with E-state index in [0.717, 1.165) is 66.4 Å². The second kappa shape index (κ2) is 11.2. The maximum Gasteiger partial charge on any atom is 0.135 e. The van der Waals surface area contributed by atoms with E-state index in [-0.39, 0.29) is 12.3 Å². The Balaban J connectivity index is 1.02. The van der Waals surface area contributed by atoms with E-state index >= 15 is 0 Å². The molecule has 1 aliphatic heterocycles. The third-order valence-electron chi connectivity index (χ3n) is 10.2. The molecule has 0 fully saturated rings. The number of amidine groups is 1. The lowest BCUT2D eigenvalue weighted by molar-refractivity contribution is 0.409. The van der Waals surface area contributed by atoms with E-state index in [0.29, 0.717) is 0 Å². The molecule has 0 saturated carbocycles. The Hall–Kier alpha value is -6.21. The van der Waals surface area contributed by atoms with Crippen molar-refractivity contribution in [3.05, 3.63) is 168 Å². The zero-order valence-corrected chi connectivity index (χ0v) is 28.1. The molecule has 0 saturated heterocycles. The maximum absolute atomic E-state index is 6.40. The summed E-state index contributed by atoms with van der Waals surface area (Å²) in [4.78, 5) is 5.20. The van der Waals surface area contributed by atoms with Crippen LogP contribution in [-0.4, -0.2) is 5.84 Å². The summed E-state index contributed by atoms with van der Waals surface area (Å²) in [6.07, 6.45) is -0.446. The fourth-order valence-electron chi connectivity index (χ4n) is 7.67. The van der Waals surface area contributed by atoms with Crippen LogP contribution in [0, 0.1) is 0 Å². The molecule has 0 spiro atoms. The van der Waals surface area contributed by atoms with Gasteiger partial charge >= 0.3 is 0 Å². The predicted octanol–water partition coefficient (Wildman–Crippen LogP) is 11.9. The van der Waals surface area contributed by atoms with Gasteiger partial charge in [-0.1, -0.05) is 97.1 Å². The lowest BCUT2D eigenvalue weighted by Crippen LogP contribution is -2.44. The number of benzene rings is 7. The molecule has 0 bridgehead atoms. The molecule has 2 unspecified atom stereocenters. The van der Waals surface area contributed by atoms with E-state index in [9.17, 15) is 0 Å². The molecule has 7 aromatic carbocycles. The van der Waals surface area contributed by atoms with Crippen LogP contribution < -0.4 is 10.6 Å². The maximum atomic E-state index is 6.40. The summed E-state index contributed by atoms with van der Waals surface area (Å²) >= 11 is 1.86. The highest BCUT2D eigenvalue weighted by molar-refractivity contribution is 7.26. The van der Waals surface area contributed by atoms with Gasteiger partial charge in [0.15, 0.2) is 0 Å². The van der Waals surface area contributed by atoms with Crippen LogP contribution in [0.25, 0.3) is 75.2 Å². The van der Waals surface area contributed by atoms with Crippen LogP contribution in [0.5, 0.6) is 0 Å². The molecule has 2 atom stereocenters. The highest BCUT2D eigenvalue weighted by Gasteiger charge is 2.26. The molecule has 51 heavy (non-hydrogen) atoms. The van der Waals surface area contributed by atoms with Gasteiger partial charge in [-0.25, -0.2) is 4.99 Å². The smallest absolute Gasteiger partial charge is 0.135 e. The molecule has 0 aliphatic carbocycles. The summed E-state index contributed by atoms with van der Waals surface area (Å²) in [7, 11) is 0. The number of fused-ring (bicyclic) bond motifs is 9. The first-order valence-corrected chi connectivity index (χ1v) is 18.0. The van der Waals surface area contributed by atoms with Gasteiger partial charge in [0.1, 0.15) is 40.5 Å². The van der Waals surface area contributed by atoms with E-state index in [1.54, 1.807) is 0 Å². The summed E-state index contributed by atoms with van der Waals surface area (Å²) in [5.74, 6) is 0.829. The minimum absolute atomic E-state index is 0.204. The Labute approximate surface area is 296 Å². The zero-order chi connectivity index (χ0) is 33.5. The Morgan fingerprint density at radius 3 is 2.00 bits per heavy atom. The van der Waals surface area contributed by atoms with Crippen LogP contribution in [0.4, 0.5) is 0 Å². The molecule has 4 heterocycles. The molecule has 10 aromatic rings. The number of para-hydroxylation sites is 1. The molecule has 2 N–H and O–H groups in total. The lowest BCUT2D eigenvalue weighted by atomic mass is 9.99. The van der Waals surface area contributed by atoms with Crippen LogP contribution in [0.2, 0.25) is 0 Å². The van der Waals surface area contributed by atoms with Crippen molar-refractivity contribution in [3.8, 4) is 11.1 Å². The molecule has 1 aliphatic rings. The number of hydrogen-bond acceptors (Lipinski definition) is 6. The van der Waals surface area contributed by atoms with E-state index in [1.807, 2.05) is 35.6 Å². The van der Waals surface area contributed by atoms with E-state index < -0.39 is 0 Å². The number of nitrogens with one attached hydrogen (secondary N) is 2. The lowest BCUT2D eigenvalue weighted by Gasteiger charge is -2.32. The minimum Gasteiger partial charge on any atom is -0.456 e. The Bertz CT molecular complexity index is 3010. The largest absolute Gasteiger partial charge is 0.456 e. The van der Waals surface area contributed by atoms with Crippen molar-refractivity contribution in [2.45, 2.75) is 12.3 Å². The Kier molecular flexibility index (Phi) is 6.26. The number of thiophene rings is 1. The van der Waals surface area contributed by atoms with E-state index in [1.165, 1.54) is 31.3 Å². The van der Waals surface area contributed by atoms with E-state index in [4.69, 9.17) is 13.8 Å². The van der Waals surface area contributed by atoms with Crippen molar-refractivity contribution < 1.29 is 8.83 Å². The molecular formula is C45H29N3O2S. The van der Waals surface area contributed by atoms with Gasteiger partial charge in [-0.05, 0) is 76.9 Å². The molecule has 242 valence electrons. The Morgan fingerprint density at radius 1 is 0.490 bits per heavy atom. The quantitative estimate of drug-likeness (QED) is 0.195. The highest BCUT2D eigenvalue weighted by Crippen LogP contribution is 2.42. The van der Waals surface area contributed by atoms with E-state index in [2.05, 4.69) is 138 Å².